The first kappa shape index (κ1) is 17.7. The third kappa shape index (κ3) is 3.93. The summed E-state index contributed by atoms with van der Waals surface area (Å²) in [6, 6.07) is 13.3. The fourth-order valence-corrected chi connectivity index (χ4v) is 2.36. The maximum Gasteiger partial charge on any atom is 0.416 e. The topological polar surface area (TPSA) is 55.1 Å². The molecule has 1 N–H and O–H groups in total. The van der Waals surface area contributed by atoms with Gasteiger partial charge in [-0.2, -0.15) is 13.2 Å². The summed E-state index contributed by atoms with van der Waals surface area (Å²) in [5.74, 6) is -0.617. The van der Waals surface area contributed by atoms with E-state index in [2.05, 4.69) is 17.4 Å². The lowest BCUT2D eigenvalue weighted by Gasteiger charge is -2.07. The van der Waals surface area contributed by atoms with E-state index < -0.39 is 17.6 Å². The van der Waals surface area contributed by atoms with Crippen molar-refractivity contribution in [2.45, 2.75) is 19.5 Å². The highest BCUT2D eigenvalue weighted by atomic mass is 19.4. The minimum atomic E-state index is -4.42. The highest BCUT2D eigenvalue weighted by Gasteiger charge is 2.30. The quantitative estimate of drug-likeness (QED) is 0.698. The average molecular weight is 360 g/mol. The first-order valence-electron chi connectivity index (χ1n) is 7.91. The summed E-state index contributed by atoms with van der Waals surface area (Å²) in [7, 11) is 0. The summed E-state index contributed by atoms with van der Waals surface area (Å²) in [6.07, 6.45) is -3.50. The second kappa shape index (κ2) is 7.03. The van der Waals surface area contributed by atoms with Gasteiger partial charge in [-0.15, -0.1) is 0 Å². The van der Waals surface area contributed by atoms with E-state index in [1.807, 2.05) is 24.3 Å². The Hall–Kier alpha value is -3.09. The van der Waals surface area contributed by atoms with E-state index >= 15 is 0 Å². The molecule has 3 aromatic rings. The number of halogens is 3. The number of hydrogen-bond acceptors (Lipinski definition) is 3. The molecule has 4 nitrogen and oxygen atoms in total. The Labute approximate surface area is 147 Å². The number of aryl methyl sites for hydroxylation is 1. The lowest BCUT2D eigenvalue weighted by Crippen LogP contribution is -2.11. The third-order valence-corrected chi connectivity index (χ3v) is 3.86. The number of amides is 1. The summed E-state index contributed by atoms with van der Waals surface area (Å²) < 4.78 is 42.7. The minimum absolute atomic E-state index is 0.0283. The highest BCUT2D eigenvalue weighted by molar-refractivity contribution is 6.02. The first-order chi connectivity index (χ1) is 12.4. The van der Waals surface area contributed by atoms with Crippen LogP contribution in [0.25, 0.3) is 11.3 Å². The van der Waals surface area contributed by atoms with Crippen LogP contribution < -0.4 is 5.32 Å². The molecule has 0 spiro atoms. The fraction of sp³-hybridized carbons (Fsp3) is 0.158. The van der Waals surface area contributed by atoms with Gasteiger partial charge in [-0.3, -0.25) is 4.79 Å². The molecule has 26 heavy (non-hydrogen) atoms. The summed E-state index contributed by atoms with van der Waals surface area (Å²) in [5, 5.41) is 6.35. The molecule has 3 rings (SSSR count). The van der Waals surface area contributed by atoms with Gasteiger partial charge >= 0.3 is 6.18 Å². The summed E-state index contributed by atoms with van der Waals surface area (Å²) in [6.45, 7) is 2.05. The van der Waals surface area contributed by atoms with Crippen LogP contribution in [-0.2, 0) is 12.6 Å². The van der Waals surface area contributed by atoms with Crippen LogP contribution in [0.3, 0.4) is 0 Å². The predicted octanol–water partition coefficient (Wildman–Crippen LogP) is 5.18. The van der Waals surface area contributed by atoms with Crippen LogP contribution in [0.1, 0.15) is 28.6 Å². The molecule has 1 amide bonds. The Morgan fingerprint density at radius 3 is 2.31 bits per heavy atom. The molecule has 1 aromatic heterocycles. The van der Waals surface area contributed by atoms with Crippen molar-refractivity contribution in [3.05, 3.63) is 71.5 Å². The highest BCUT2D eigenvalue weighted by Crippen LogP contribution is 2.30. The summed E-state index contributed by atoms with van der Waals surface area (Å²) >= 11 is 0. The van der Waals surface area contributed by atoms with Gasteiger partial charge in [0.1, 0.15) is 5.69 Å². The van der Waals surface area contributed by atoms with E-state index in [0.717, 1.165) is 24.1 Å². The van der Waals surface area contributed by atoms with E-state index in [1.54, 1.807) is 0 Å². The van der Waals surface area contributed by atoms with Gasteiger partial charge in [0.25, 0.3) is 5.91 Å². The first-order valence-corrected chi connectivity index (χ1v) is 7.91. The van der Waals surface area contributed by atoms with E-state index in [4.69, 9.17) is 4.52 Å². The SMILES string of the molecule is CCc1ccc(-c2cc(C(=O)Nc3ccc(C(F)(F)F)cc3)on2)cc1. The van der Waals surface area contributed by atoms with E-state index in [-0.39, 0.29) is 11.4 Å². The number of nitrogens with one attached hydrogen (secondary N) is 1. The maximum absolute atomic E-state index is 12.5. The van der Waals surface area contributed by atoms with Gasteiger partial charge in [-0.1, -0.05) is 36.3 Å². The van der Waals surface area contributed by atoms with Gasteiger partial charge in [-0.25, -0.2) is 0 Å². The molecular formula is C19H15F3N2O2. The molecule has 0 fully saturated rings. The van der Waals surface area contributed by atoms with Crippen LogP contribution >= 0.6 is 0 Å². The Kier molecular flexibility index (Phi) is 4.79. The largest absolute Gasteiger partial charge is 0.416 e. The number of carbonyl (C=O) groups is 1. The zero-order valence-corrected chi connectivity index (χ0v) is 13.8. The summed E-state index contributed by atoms with van der Waals surface area (Å²) in [4.78, 5) is 12.2. The van der Waals surface area contributed by atoms with E-state index in [1.165, 1.54) is 23.8 Å². The number of rotatable bonds is 4. The molecule has 1 heterocycles. The smallest absolute Gasteiger partial charge is 0.350 e. The average Bonchev–Trinajstić information content (AvgIpc) is 3.12. The van der Waals surface area contributed by atoms with Crippen LogP contribution in [0.15, 0.2) is 59.1 Å². The Morgan fingerprint density at radius 2 is 1.73 bits per heavy atom. The number of aromatic nitrogens is 1. The molecule has 7 heteroatoms. The standard InChI is InChI=1S/C19H15F3N2O2/c1-2-12-3-5-13(6-4-12)16-11-17(26-24-16)18(25)23-15-9-7-14(8-10-15)19(20,21)22/h3-11H,2H2,1H3,(H,23,25). The molecule has 0 atom stereocenters. The molecule has 0 aliphatic carbocycles. The van der Waals surface area contributed by atoms with Crippen molar-refractivity contribution in [3.63, 3.8) is 0 Å². The third-order valence-electron chi connectivity index (χ3n) is 3.86. The van der Waals surface area contributed by atoms with Crippen molar-refractivity contribution in [2.24, 2.45) is 0 Å². The van der Waals surface area contributed by atoms with Crippen molar-refractivity contribution in [1.29, 1.82) is 0 Å². The number of benzene rings is 2. The predicted molar refractivity (Wildman–Crippen MR) is 90.7 cm³/mol. The van der Waals surface area contributed by atoms with Crippen LogP contribution in [0.4, 0.5) is 18.9 Å². The normalized spacial score (nSPS) is 11.4. The number of anilines is 1. The van der Waals surface area contributed by atoms with Crippen LogP contribution in [0.5, 0.6) is 0 Å². The molecule has 0 radical (unpaired) electrons. The lowest BCUT2D eigenvalue weighted by atomic mass is 10.1. The van der Waals surface area contributed by atoms with Crippen molar-refractivity contribution < 1.29 is 22.5 Å². The molecule has 2 aromatic carbocycles. The van der Waals surface area contributed by atoms with Crippen LogP contribution in [0, 0.1) is 0 Å². The second-order valence-electron chi connectivity index (χ2n) is 5.66. The molecule has 0 saturated carbocycles. The maximum atomic E-state index is 12.5. The van der Waals surface area contributed by atoms with Gasteiger partial charge in [0.05, 0.1) is 5.56 Å². The Balaban J connectivity index is 1.71. The summed E-state index contributed by atoms with van der Waals surface area (Å²) in [5.41, 5.74) is 1.93. The molecule has 0 aliphatic rings. The van der Waals surface area contributed by atoms with Gasteiger partial charge in [0.15, 0.2) is 0 Å². The molecule has 0 aliphatic heterocycles. The number of nitrogens with zero attached hydrogens (tertiary/aromatic N) is 1. The van der Waals surface area contributed by atoms with Crippen molar-refractivity contribution in [3.8, 4) is 11.3 Å². The van der Waals surface area contributed by atoms with E-state index in [0.29, 0.717) is 5.69 Å². The van der Waals surface area contributed by atoms with Crippen LogP contribution in [-0.4, -0.2) is 11.1 Å². The molecule has 0 saturated heterocycles. The zero-order valence-electron chi connectivity index (χ0n) is 13.8. The zero-order chi connectivity index (χ0) is 18.7. The van der Waals surface area contributed by atoms with Crippen molar-refractivity contribution in [1.82, 2.24) is 5.16 Å². The lowest BCUT2D eigenvalue weighted by molar-refractivity contribution is -0.137. The van der Waals surface area contributed by atoms with Crippen molar-refractivity contribution in [2.75, 3.05) is 5.32 Å². The van der Waals surface area contributed by atoms with Crippen LogP contribution in [0.2, 0.25) is 0 Å². The Bertz CT molecular complexity index is 898. The monoisotopic (exact) mass is 360 g/mol. The minimum Gasteiger partial charge on any atom is -0.350 e. The van der Waals surface area contributed by atoms with Crippen molar-refractivity contribution >= 4 is 11.6 Å². The Morgan fingerprint density at radius 1 is 1.08 bits per heavy atom. The fourth-order valence-electron chi connectivity index (χ4n) is 2.36. The van der Waals surface area contributed by atoms with Gasteiger partial charge in [0.2, 0.25) is 5.76 Å². The molecule has 134 valence electrons. The van der Waals surface area contributed by atoms with E-state index in [9.17, 15) is 18.0 Å². The van der Waals surface area contributed by atoms with Gasteiger partial charge < -0.3 is 9.84 Å². The number of carbonyl (C=O) groups excluding carboxylic acids is 1. The molecular weight excluding hydrogens is 345 g/mol. The molecule has 0 unspecified atom stereocenters. The number of hydrogen-bond donors (Lipinski definition) is 1. The van der Waals surface area contributed by atoms with Gasteiger partial charge in [-0.05, 0) is 36.2 Å². The number of alkyl halides is 3. The second-order valence-corrected chi connectivity index (χ2v) is 5.66. The van der Waals surface area contributed by atoms with Gasteiger partial charge in [0, 0.05) is 17.3 Å². The molecule has 0 bridgehead atoms.